The summed E-state index contributed by atoms with van der Waals surface area (Å²) in [6.45, 7) is 3.94. The molecule has 11 heteroatoms. The number of amides is 1. The van der Waals surface area contributed by atoms with Crippen molar-refractivity contribution in [3.8, 4) is 0 Å². The summed E-state index contributed by atoms with van der Waals surface area (Å²) in [7, 11) is 4.28. The first kappa shape index (κ1) is 28.4. The molecule has 3 N–H and O–H groups in total. The maximum Gasteiger partial charge on any atom is 0.322 e. The molecule has 0 saturated heterocycles. The second-order valence-corrected chi connectivity index (χ2v) is 8.05. The van der Waals surface area contributed by atoms with Crippen molar-refractivity contribution < 1.29 is 45.6 Å². The average molecular weight is 488 g/mol. The van der Waals surface area contributed by atoms with Crippen molar-refractivity contribution in [2.75, 3.05) is 25.2 Å². The fourth-order valence-corrected chi connectivity index (χ4v) is 3.73. The van der Waals surface area contributed by atoms with E-state index in [2.05, 4.69) is 10.1 Å². The first-order valence-electron chi connectivity index (χ1n) is 8.41. The number of carbonyl (C=O) groups is 4. The normalized spacial score (nSPS) is 12.3. The number of nitrogens with two attached hydrogens (primary N) is 1. The van der Waals surface area contributed by atoms with Gasteiger partial charge in [0, 0.05) is 24.3 Å². The van der Waals surface area contributed by atoms with Gasteiger partial charge in [0.25, 0.3) is 0 Å². The molecule has 0 aliphatic rings. The minimum absolute atomic E-state index is 0. The van der Waals surface area contributed by atoms with E-state index in [1.807, 2.05) is 6.92 Å². The largest absolute Gasteiger partial charge is 1.00 e. The molecule has 0 aromatic rings. The Balaban J connectivity index is 0. The Morgan fingerprint density at radius 1 is 1.07 bits per heavy atom. The maximum atomic E-state index is 12.3. The van der Waals surface area contributed by atoms with Gasteiger partial charge < -0.3 is 37.5 Å². The van der Waals surface area contributed by atoms with Crippen molar-refractivity contribution in [2.24, 2.45) is 5.73 Å². The molecule has 0 bridgehead atoms. The van der Waals surface area contributed by atoms with E-state index in [9.17, 15) is 19.2 Å². The third kappa shape index (κ3) is 14.0. The average Bonchev–Trinajstić information content (AvgIpc) is 2.62. The third-order valence-corrected chi connectivity index (χ3v) is 5.71. The summed E-state index contributed by atoms with van der Waals surface area (Å²) in [5.41, 5.74) is 5.59. The molecule has 0 heterocycles. The van der Waals surface area contributed by atoms with Crippen molar-refractivity contribution >= 4 is 45.2 Å². The van der Waals surface area contributed by atoms with Crippen molar-refractivity contribution in [1.29, 1.82) is 0 Å². The Labute approximate surface area is 178 Å². The number of ether oxygens (including phenoxy) is 2. The number of halogens is 1. The minimum atomic E-state index is -0.881. The Morgan fingerprint density at radius 3 is 2.30 bits per heavy atom. The lowest BCUT2D eigenvalue weighted by atomic mass is 10.1. The van der Waals surface area contributed by atoms with E-state index in [1.54, 1.807) is 17.7 Å². The van der Waals surface area contributed by atoms with E-state index in [0.29, 0.717) is 5.75 Å². The van der Waals surface area contributed by atoms with Gasteiger partial charge in [-0.3, -0.25) is 19.2 Å². The number of hydrogen-bond acceptors (Lipinski definition) is 9. The molecule has 8 nitrogen and oxygen atoms in total. The summed E-state index contributed by atoms with van der Waals surface area (Å²) in [5.74, 6) is -0.361. The van der Waals surface area contributed by atoms with E-state index in [1.165, 1.54) is 17.9 Å². The van der Waals surface area contributed by atoms with Crippen LogP contribution < -0.4 is 28.0 Å². The van der Waals surface area contributed by atoms with Gasteiger partial charge in [-0.2, -0.15) is 0 Å². The number of nitrogens with one attached hydrogen (secondary N) is 1. The second kappa shape index (κ2) is 17.3. The molecule has 0 saturated carbocycles. The Kier molecular flexibility index (Phi) is 18.2. The number of rotatable bonds is 14. The van der Waals surface area contributed by atoms with Gasteiger partial charge in [-0.1, -0.05) is 28.5 Å². The van der Waals surface area contributed by atoms with E-state index in [-0.39, 0.29) is 61.0 Å². The highest BCUT2D eigenvalue weighted by atomic mass is 79.9. The van der Waals surface area contributed by atoms with Gasteiger partial charge in [-0.15, -0.1) is 0 Å². The van der Waals surface area contributed by atoms with Crippen LogP contribution in [-0.2, 0) is 28.7 Å². The third-order valence-electron chi connectivity index (χ3n) is 3.23. The molecule has 0 fully saturated rings. The summed E-state index contributed by atoms with van der Waals surface area (Å²) < 4.78 is 9.31. The number of carbonyl (C=O) groups excluding carboxylic acids is 4. The van der Waals surface area contributed by atoms with E-state index in [4.69, 9.17) is 10.5 Å². The topological polar surface area (TPSA) is 125 Å². The van der Waals surface area contributed by atoms with Gasteiger partial charge in [0.1, 0.15) is 6.04 Å². The van der Waals surface area contributed by atoms with Crippen molar-refractivity contribution in [2.45, 2.75) is 51.6 Å². The Morgan fingerprint density at radius 2 is 1.74 bits per heavy atom. The van der Waals surface area contributed by atoms with Gasteiger partial charge in [-0.05, 0) is 13.3 Å². The number of methoxy groups -OCH3 is 1. The van der Waals surface area contributed by atoms with E-state index < -0.39 is 24.0 Å². The lowest BCUT2D eigenvalue weighted by Crippen LogP contribution is -3.00. The van der Waals surface area contributed by atoms with Gasteiger partial charge in [0.2, 0.25) is 5.91 Å². The molecule has 0 radical (unpaired) electrons. The van der Waals surface area contributed by atoms with Crippen molar-refractivity contribution in [3.63, 3.8) is 0 Å². The number of Topliss-reactive ketones (excluding diaryl/α,β-unsaturated/α-hetero) is 1. The quantitative estimate of drug-likeness (QED) is 0.163. The maximum absolute atomic E-state index is 12.3. The molecule has 27 heavy (non-hydrogen) atoms. The van der Waals surface area contributed by atoms with E-state index >= 15 is 0 Å². The van der Waals surface area contributed by atoms with Crippen LogP contribution in [0.1, 0.15) is 39.5 Å². The van der Waals surface area contributed by atoms with Gasteiger partial charge in [0.05, 0.1) is 26.2 Å². The highest BCUT2D eigenvalue weighted by Crippen LogP contribution is 2.22. The van der Waals surface area contributed by atoms with Crippen LogP contribution in [-0.4, -0.2) is 60.9 Å². The lowest BCUT2D eigenvalue weighted by molar-refractivity contribution is -0.144. The van der Waals surface area contributed by atoms with E-state index in [0.717, 1.165) is 5.75 Å². The highest BCUT2D eigenvalue weighted by molar-refractivity contribution is 8.76. The standard InChI is InChI=1S/C16H28N2O6S2.BrH/c1-4-24-15(21)9-7-13(19)12(10-26-25-5-2)18-14(20)8-6-11(17)16(22)23-3;/h11-12H,4-10,17H2,1-3H3,(H,18,20);1H/p-1. The fourth-order valence-electron chi connectivity index (χ4n) is 1.87. The van der Waals surface area contributed by atoms with Crippen LogP contribution in [0.4, 0.5) is 0 Å². The summed E-state index contributed by atoms with van der Waals surface area (Å²) in [6.07, 6.45) is 0.114. The lowest BCUT2D eigenvalue weighted by Gasteiger charge is -2.17. The number of esters is 2. The molecular weight excluding hydrogens is 460 g/mol. The SMILES string of the molecule is CCOC(=O)CCC(=O)C(CSSCC)NC(=O)CCC(N)C(=O)OC.[Br-]. The number of hydrogen-bond donors (Lipinski definition) is 2. The fraction of sp³-hybridized carbons (Fsp3) is 0.750. The summed E-state index contributed by atoms with van der Waals surface area (Å²) in [6, 6.07) is -1.58. The second-order valence-electron chi connectivity index (χ2n) is 5.25. The molecule has 0 rings (SSSR count). The summed E-state index contributed by atoms with van der Waals surface area (Å²) in [4.78, 5) is 47.0. The first-order chi connectivity index (χ1) is 12.3. The zero-order valence-electron chi connectivity index (χ0n) is 15.8. The molecule has 0 spiro atoms. The summed E-state index contributed by atoms with van der Waals surface area (Å²) in [5, 5.41) is 2.66. The minimum Gasteiger partial charge on any atom is -1.00 e. The van der Waals surface area contributed by atoms with Gasteiger partial charge >= 0.3 is 11.9 Å². The molecule has 2 atom stereocenters. The molecule has 0 aromatic carbocycles. The monoisotopic (exact) mass is 487 g/mol. The zero-order chi connectivity index (χ0) is 19.9. The highest BCUT2D eigenvalue weighted by Gasteiger charge is 2.23. The molecule has 158 valence electrons. The van der Waals surface area contributed by atoms with Crippen molar-refractivity contribution in [3.05, 3.63) is 0 Å². The van der Waals surface area contributed by atoms with Crippen LogP contribution in [0.15, 0.2) is 0 Å². The summed E-state index contributed by atoms with van der Waals surface area (Å²) >= 11 is 0. The zero-order valence-corrected chi connectivity index (χ0v) is 19.0. The van der Waals surface area contributed by atoms with Crippen LogP contribution in [0.25, 0.3) is 0 Å². The van der Waals surface area contributed by atoms with Gasteiger partial charge in [-0.25, -0.2) is 0 Å². The van der Waals surface area contributed by atoms with Crippen LogP contribution in [0.5, 0.6) is 0 Å². The van der Waals surface area contributed by atoms with Crippen LogP contribution in [0.2, 0.25) is 0 Å². The molecular formula is C16H28BrN2O6S2-. The van der Waals surface area contributed by atoms with Crippen LogP contribution in [0.3, 0.4) is 0 Å². The Bertz CT molecular complexity index is 482. The predicted molar refractivity (Wildman–Crippen MR) is 103 cm³/mol. The number of ketones is 1. The predicted octanol–water partition coefficient (Wildman–Crippen LogP) is -1.93. The van der Waals surface area contributed by atoms with Crippen LogP contribution >= 0.6 is 21.6 Å². The molecule has 0 aromatic heterocycles. The molecule has 0 aliphatic heterocycles. The first-order valence-corrected chi connectivity index (χ1v) is 10.9. The molecule has 1 amide bonds. The Hall–Kier alpha value is -0.780. The molecule has 2 unspecified atom stereocenters. The van der Waals surface area contributed by atoms with Gasteiger partial charge in [0.15, 0.2) is 5.78 Å². The van der Waals surface area contributed by atoms with Crippen LogP contribution in [0, 0.1) is 0 Å². The molecule has 0 aliphatic carbocycles. The van der Waals surface area contributed by atoms with Crippen molar-refractivity contribution in [1.82, 2.24) is 5.32 Å². The smallest absolute Gasteiger partial charge is 0.322 e.